The first-order valence-electron chi connectivity index (χ1n) is 5.61. The Morgan fingerprint density at radius 1 is 1.35 bits per heavy atom. The summed E-state index contributed by atoms with van der Waals surface area (Å²) in [6, 6.07) is 7.88. The van der Waals surface area contributed by atoms with Crippen LogP contribution in [-0.4, -0.2) is 21.0 Å². The average molecular weight is 290 g/mol. The van der Waals surface area contributed by atoms with Crippen molar-refractivity contribution in [3.05, 3.63) is 57.8 Å². The van der Waals surface area contributed by atoms with Gasteiger partial charge in [-0.05, 0) is 25.1 Å². The highest BCUT2D eigenvalue weighted by molar-refractivity contribution is 7.99. The van der Waals surface area contributed by atoms with Gasteiger partial charge in [-0.3, -0.25) is 10.1 Å². The Balaban J connectivity index is 2.49. The van der Waals surface area contributed by atoms with E-state index in [9.17, 15) is 14.9 Å². The molecular formula is C13H10N2O4S. The Bertz CT molecular complexity index is 688. The van der Waals surface area contributed by atoms with Crippen LogP contribution in [0.4, 0.5) is 5.69 Å². The van der Waals surface area contributed by atoms with E-state index < -0.39 is 10.9 Å². The Kier molecular flexibility index (Phi) is 3.99. The number of nitrogens with zero attached hydrogens (tertiary/aromatic N) is 2. The highest BCUT2D eigenvalue weighted by Gasteiger charge is 2.21. The zero-order valence-corrected chi connectivity index (χ0v) is 11.3. The summed E-state index contributed by atoms with van der Waals surface area (Å²) in [7, 11) is 0. The third kappa shape index (κ3) is 2.77. The summed E-state index contributed by atoms with van der Waals surface area (Å²) < 4.78 is 0. The molecule has 1 N–H and O–H groups in total. The van der Waals surface area contributed by atoms with Crippen molar-refractivity contribution >= 4 is 23.4 Å². The fraction of sp³-hybridized carbons (Fsp3) is 0.0769. The summed E-state index contributed by atoms with van der Waals surface area (Å²) in [6.07, 6.45) is 1.47. The molecule has 0 bridgehead atoms. The van der Waals surface area contributed by atoms with Crippen LogP contribution in [0, 0.1) is 17.0 Å². The van der Waals surface area contributed by atoms with Crippen molar-refractivity contribution < 1.29 is 14.8 Å². The van der Waals surface area contributed by atoms with Gasteiger partial charge in [0.25, 0.3) is 0 Å². The van der Waals surface area contributed by atoms with E-state index in [2.05, 4.69) is 4.98 Å². The number of aryl methyl sites for hydroxylation is 1. The molecule has 0 aliphatic rings. The molecule has 0 amide bonds. The van der Waals surface area contributed by atoms with Crippen molar-refractivity contribution in [3.63, 3.8) is 0 Å². The summed E-state index contributed by atoms with van der Waals surface area (Å²) in [4.78, 5) is 26.1. The lowest BCUT2D eigenvalue weighted by molar-refractivity contribution is -0.388. The molecule has 0 fully saturated rings. The van der Waals surface area contributed by atoms with Crippen molar-refractivity contribution in [2.24, 2.45) is 0 Å². The molecule has 0 radical (unpaired) electrons. The monoisotopic (exact) mass is 290 g/mol. The van der Waals surface area contributed by atoms with Crippen molar-refractivity contribution in [3.8, 4) is 0 Å². The number of aromatic carboxylic acids is 1. The van der Waals surface area contributed by atoms with Gasteiger partial charge < -0.3 is 5.11 Å². The van der Waals surface area contributed by atoms with Crippen LogP contribution in [0.1, 0.15) is 15.9 Å². The van der Waals surface area contributed by atoms with Crippen molar-refractivity contribution in [2.45, 2.75) is 16.8 Å². The SMILES string of the molecule is Cc1ccnc(Sc2ccccc2C(=O)O)c1[N+](=O)[O-]. The molecule has 1 aromatic carbocycles. The lowest BCUT2D eigenvalue weighted by atomic mass is 10.2. The third-order valence-corrected chi connectivity index (χ3v) is 3.67. The second-order valence-electron chi connectivity index (χ2n) is 3.94. The minimum absolute atomic E-state index is 0.0927. The van der Waals surface area contributed by atoms with E-state index in [4.69, 9.17) is 5.11 Å². The Hall–Kier alpha value is -2.41. The summed E-state index contributed by atoms with van der Waals surface area (Å²) in [6.45, 7) is 1.62. The molecule has 1 heterocycles. The Morgan fingerprint density at radius 2 is 2.05 bits per heavy atom. The fourth-order valence-electron chi connectivity index (χ4n) is 1.66. The third-order valence-electron chi connectivity index (χ3n) is 2.60. The van der Waals surface area contributed by atoms with E-state index in [0.717, 1.165) is 11.8 Å². The molecule has 102 valence electrons. The number of pyridine rings is 1. The van der Waals surface area contributed by atoms with E-state index in [1.54, 1.807) is 31.2 Å². The zero-order valence-electron chi connectivity index (χ0n) is 10.4. The molecule has 2 aromatic rings. The maximum atomic E-state index is 11.1. The molecule has 0 atom stereocenters. The van der Waals surface area contributed by atoms with E-state index in [0.29, 0.717) is 10.5 Å². The van der Waals surface area contributed by atoms with Gasteiger partial charge in [0.1, 0.15) is 0 Å². The van der Waals surface area contributed by atoms with Crippen LogP contribution in [0.25, 0.3) is 0 Å². The van der Waals surface area contributed by atoms with Gasteiger partial charge in [0.15, 0.2) is 5.03 Å². The maximum absolute atomic E-state index is 11.1. The standard InChI is InChI=1S/C13H10N2O4S/c1-8-6-7-14-12(11(8)15(18)19)20-10-5-3-2-4-9(10)13(16)17/h2-7H,1H3,(H,16,17). The molecule has 0 saturated heterocycles. The van der Waals surface area contributed by atoms with Crippen molar-refractivity contribution in [1.82, 2.24) is 4.98 Å². The number of carbonyl (C=O) groups is 1. The van der Waals surface area contributed by atoms with Gasteiger partial charge in [-0.1, -0.05) is 23.9 Å². The number of aromatic nitrogens is 1. The molecule has 0 saturated carbocycles. The maximum Gasteiger partial charge on any atom is 0.336 e. The van der Waals surface area contributed by atoms with Gasteiger partial charge in [-0.15, -0.1) is 0 Å². The van der Waals surface area contributed by atoms with Crippen LogP contribution in [0.3, 0.4) is 0 Å². The summed E-state index contributed by atoms with van der Waals surface area (Å²) in [5, 5.41) is 20.4. The second-order valence-corrected chi connectivity index (χ2v) is 4.97. The lowest BCUT2D eigenvalue weighted by Gasteiger charge is -2.06. The van der Waals surface area contributed by atoms with Crippen LogP contribution in [-0.2, 0) is 0 Å². The van der Waals surface area contributed by atoms with Gasteiger partial charge >= 0.3 is 11.7 Å². The summed E-state index contributed by atoms with van der Waals surface area (Å²) in [5.74, 6) is -1.08. The van der Waals surface area contributed by atoms with Crippen molar-refractivity contribution in [2.75, 3.05) is 0 Å². The molecule has 0 unspecified atom stereocenters. The Labute approximate surface area is 118 Å². The van der Waals surface area contributed by atoms with Crippen molar-refractivity contribution in [1.29, 1.82) is 0 Å². The highest BCUT2D eigenvalue weighted by Crippen LogP contribution is 2.36. The minimum atomic E-state index is -1.08. The Morgan fingerprint density at radius 3 is 2.70 bits per heavy atom. The number of hydrogen-bond donors (Lipinski definition) is 1. The molecule has 6 nitrogen and oxygen atoms in total. The lowest BCUT2D eigenvalue weighted by Crippen LogP contribution is -2.00. The first-order chi connectivity index (χ1) is 9.50. The largest absolute Gasteiger partial charge is 0.478 e. The smallest absolute Gasteiger partial charge is 0.336 e. The van der Waals surface area contributed by atoms with E-state index in [1.165, 1.54) is 12.3 Å². The molecule has 0 spiro atoms. The number of benzene rings is 1. The normalized spacial score (nSPS) is 10.2. The molecule has 2 rings (SSSR count). The van der Waals surface area contributed by atoms with Gasteiger partial charge in [0, 0.05) is 16.7 Å². The van der Waals surface area contributed by atoms with Gasteiger partial charge in [0.2, 0.25) is 0 Å². The zero-order chi connectivity index (χ0) is 14.7. The molecular weight excluding hydrogens is 280 g/mol. The fourth-order valence-corrected chi connectivity index (χ4v) is 2.72. The number of rotatable bonds is 4. The van der Waals surface area contributed by atoms with Crippen LogP contribution in [0.15, 0.2) is 46.5 Å². The van der Waals surface area contributed by atoms with E-state index in [1.807, 2.05) is 0 Å². The number of carboxylic acid groups (broad SMARTS) is 1. The summed E-state index contributed by atoms with van der Waals surface area (Å²) >= 11 is 0.978. The first-order valence-corrected chi connectivity index (χ1v) is 6.42. The predicted molar refractivity (Wildman–Crippen MR) is 73.2 cm³/mol. The van der Waals surface area contributed by atoms with Crippen LogP contribution in [0.2, 0.25) is 0 Å². The van der Waals surface area contributed by atoms with Crippen LogP contribution < -0.4 is 0 Å². The van der Waals surface area contributed by atoms with E-state index >= 15 is 0 Å². The average Bonchev–Trinajstić information content (AvgIpc) is 2.38. The molecule has 7 heteroatoms. The number of nitro groups is 1. The first kappa shape index (κ1) is 14.0. The van der Waals surface area contributed by atoms with Gasteiger partial charge in [0.05, 0.1) is 10.5 Å². The van der Waals surface area contributed by atoms with Gasteiger partial charge in [-0.25, -0.2) is 9.78 Å². The minimum Gasteiger partial charge on any atom is -0.478 e. The van der Waals surface area contributed by atoms with Crippen LogP contribution in [0.5, 0.6) is 0 Å². The van der Waals surface area contributed by atoms with Gasteiger partial charge in [-0.2, -0.15) is 0 Å². The number of hydrogen-bond acceptors (Lipinski definition) is 5. The molecule has 20 heavy (non-hydrogen) atoms. The molecule has 0 aliphatic heterocycles. The predicted octanol–water partition coefficient (Wildman–Crippen LogP) is 3.15. The topological polar surface area (TPSA) is 93.3 Å². The molecule has 1 aromatic heterocycles. The second kappa shape index (κ2) is 5.70. The quantitative estimate of drug-likeness (QED) is 0.686. The molecule has 0 aliphatic carbocycles. The summed E-state index contributed by atoms with van der Waals surface area (Å²) in [5.41, 5.74) is 0.480. The van der Waals surface area contributed by atoms with Crippen LogP contribution >= 0.6 is 11.8 Å². The highest BCUT2D eigenvalue weighted by atomic mass is 32.2. The number of carboxylic acids is 1. The van der Waals surface area contributed by atoms with E-state index in [-0.39, 0.29) is 16.3 Å².